The van der Waals surface area contributed by atoms with Crippen molar-refractivity contribution >= 4 is 6.29 Å². The molecule has 23 heavy (non-hydrogen) atoms. The van der Waals surface area contributed by atoms with Crippen molar-refractivity contribution in [3.63, 3.8) is 0 Å². The maximum Gasteiger partial charge on any atom is 0.204 e. The van der Waals surface area contributed by atoms with Gasteiger partial charge in [0.05, 0.1) is 13.7 Å². The van der Waals surface area contributed by atoms with Crippen LogP contribution in [0.3, 0.4) is 0 Å². The van der Waals surface area contributed by atoms with Crippen molar-refractivity contribution in [2.24, 2.45) is 0 Å². The third-order valence-corrected chi connectivity index (χ3v) is 3.40. The lowest BCUT2D eigenvalue weighted by molar-refractivity contribution is 0.112. The first-order chi connectivity index (χ1) is 11.1. The molecule has 0 aromatic heterocycles. The highest BCUT2D eigenvalue weighted by atomic mass is 16.5. The minimum Gasteiger partial charge on any atom is -0.493 e. The Hall–Kier alpha value is -2.49. The Bertz CT molecular complexity index is 692. The second kappa shape index (κ2) is 7.68. The quantitative estimate of drug-likeness (QED) is 0.695. The fourth-order valence-electron chi connectivity index (χ4n) is 2.27. The van der Waals surface area contributed by atoms with E-state index in [1.807, 2.05) is 39.0 Å². The zero-order chi connectivity index (χ0) is 16.8. The summed E-state index contributed by atoms with van der Waals surface area (Å²) in [4.78, 5) is 11.2. The Balaban J connectivity index is 2.46. The summed E-state index contributed by atoms with van der Waals surface area (Å²) in [7, 11) is 1.55. The maximum atomic E-state index is 11.2. The van der Waals surface area contributed by atoms with Gasteiger partial charge in [-0.1, -0.05) is 24.6 Å². The van der Waals surface area contributed by atoms with E-state index in [1.165, 1.54) is 0 Å². The van der Waals surface area contributed by atoms with Crippen LogP contribution >= 0.6 is 0 Å². The molecule has 0 radical (unpaired) electrons. The number of rotatable bonds is 7. The van der Waals surface area contributed by atoms with Gasteiger partial charge in [0.1, 0.15) is 12.0 Å². The molecule has 0 bridgehead atoms. The summed E-state index contributed by atoms with van der Waals surface area (Å²) in [5, 5.41) is 0. The highest BCUT2D eigenvalue weighted by Crippen LogP contribution is 2.41. The summed E-state index contributed by atoms with van der Waals surface area (Å²) in [6.45, 7) is 6.58. The van der Waals surface area contributed by atoms with E-state index in [2.05, 4.69) is 0 Å². The van der Waals surface area contributed by atoms with E-state index in [0.29, 0.717) is 29.4 Å². The summed E-state index contributed by atoms with van der Waals surface area (Å²) in [5.74, 6) is 2.21. The van der Waals surface area contributed by atoms with E-state index in [1.54, 1.807) is 19.2 Å². The average Bonchev–Trinajstić information content (AvgIpc) is 2.55. The molecule has 0 saturated carbocycles. The van der Waals surface area contributed by atoms with Gasteiger partial charge in [0.25, 0.3) is 0 Å². The van der Waals surface area contributed by atoms with Gasteiger partial charge in [0.2, 0.25) is 5.75 Å². The second-order valence-electron chi connectivity index (χ2n) is 5.39. The predicted molar refractivity (Wildman–Crippen MR) is 90.2 cm³/mol. The van der Waals surface area contributed by atoms with Crippen LogP contribution in [0.15, 0.2) is 30.3 Å². The lowest BCUT2D eigenvalue weighted by Crippen LogP contribution is -2.01. The van der Waals surface area contributed by atoms with E-state index < -0.39 is 0 Å². The van der Waals surface area contributed by atoms with Gasteiger partial charge >= 0.3 is 0 Å². The fraction of sp³-hybridized carbons (Fsp3) is 0.316. The van der Waals surface area contributed by atoms with Gasteiger partial charge in [0, 0.05) is 5.56 Å². The predicted octanol–water partition coefficient (Wildman–Crippen LogP) is 4.71. The lowest BCUT2D eigenvalue weighted by atomic mass is 10.1. The van der Waals surface area contributed by atoms with Gasteiger partial charge in [-0.2, -0.15) is 0 Å². The lowest BCUT2D eigenvalue weighted by Gasteiger charge is -2.17. The molecule has 0 fully saturated rings. The van der Waals surface area contributed by atoms with Crippen molar-refractivity contribution in [1.29, 1.82) is 0 Å². The second-order valence-corrected chi connectivity index (χ2v) is 5.39. The number of carbonyl (C=O) groups is 1. The zero-order valence-electron chi connectivity index (χ0n) is 14.0. The number of carbonyl (C=O) groups excluding carboxylic acids is 1. The molecular weight excluding hydrogens is 292 g/mol. The van der Waals surface area contributed by atoms with Gasteiger partial charge in [-0.05, 0) is 44.0 Å². The Labute approximate surface area is 137 Å². The molecule has 0 aliphatic carbocycles. The van der Waals surface area contributed by atoms with E-state index in [-0.39, 0.29) is 0 Å². The number of benzene rings is 2. The normalized spacial score (nSPS) is 10.3. The summed E-state index contributed by atoms with van der Waals surface area (Å²) in [6.07, 6.45) is 1.63. The molecule has 2 aromatic rings. The molecule has 0 heterocycles. The van der Waals surface area contributed by atoms with Gasteiger partial charge in [-0.3, -0.25) is 4.79 Å². The highest BCUT2D eigenvalue weighted by molar-refractivity contribution is 5.78. The molecule has 4 heteroatoms. The third-order valence-electron chi connectivity index (χ3n) is 3.40. The van der Waals surface area contributed by atoms with Crippen molar-refractivity contribution < 1.29 is 19.0 Å². The van der Waals surface area contributed by atoms with E-state index >= 15 is 0 Å². The van der Waals surface area contributed by atoms with Crippen LogP contribution in [0.5, 0.6) is 23.0 Å². The number of aldehydes is 1. The van der Waals surface area contributed by atoms with Crippen molar-refractivity contribution in [1.82, 2.24) is 0 Å². The van der Waals surface area contributed by atoms with Crippen LogP contribution in [-0.2, 0) is 0 Å². The SMILES string of the molecule is CCCOc1c(OC)cc(C=O)cc1Oc1ccc(C)cc1C. The summed E-state index contributed by atoms with van der Waals surface area (Å²) in [5.41, 5.74) is 2.66. The first-order valence-corrected chi connectivity index (χ1v) is 7.64. The minimum atomic E-state index is 0.477. The van der Waals surface area contributed by atoms with Gasteiger partial charge in [0.15, 0.2) is 11.5 Å². The largest absolute Gasteiger partial charge is 0.493 e. The Morgan fingerprint density at radius 3 is 2.39 bits per heavy atom. The number of hydrogen-bond acceptors (Lipinski definition) is 4. The summed E-state index contributed by atoms with van der Waals surface area (Å²) in [6, 6.07) is 9.25. The van der Waals surface area contributed by atoms with Crippen molar-refractivity contribution in [3.05, 3.63) is 47.0 Å². The smallest absolute Gasteiger partial charge is 0.204 e. The first-order valence-electron chi connectivity index (χ1n) is 7.64. The number of aryl methyl sites for hydroxylation is 2. The summed E-state index contributed by atoms with van der Waals surface area (Å²) >= 11 is 0. The number of ether oxygens (including phenoxy) is 3. The van der Waals surface area contributed by atoms with Gasteiger partial charge in [-0.25, -0.2) is 0 Å². The molecule has 0 saturated heterocycles. The Morgan fingerprint density at radius 1 is 1.04 bits per heavy atom. The monoisotopic (exact) mass is 314 g/mol. The zero-order valence-corrected chi connectivity index (χ0v) is 14.0. The number of hydrogen-bond donors (Lipinski definition) is 0. The molecular formula is C19H22O4. The van der Waals surface area contributed by atoms with Crippen LogP contribution in [0.2, 0.25) is 0 Å². The Morgan fingerprint density at radius 2 is 1.78 bits per heavy atom. The third kappa shape index (κ3) is 4.03. The van der Waals surface area contributed by atoms with E-state index in [9.17, 15) is 4.79 Å². The van der Waals surface area contributed by atoms with Crippen LogP contribution in [0.25, 0.3) is 0 Å². The Kier molecular flexibility index (Phi) is 5.63. The van der Waals surface area contributed by atoms with Crippen LogP contribution in [0.1, 0.15) is 34.8 Å². The molecule has 0 amide bonds. The molecule has 2 rings (SSSR count). The molecule has 4 nitrogen and oxygen atoms in total. The fourth-order valence-corrected chi connectivity index (χ4v) is 2.27. The van der Waals surface area contributed by atoms with E-state index in [0.717, 1.165) is 29.6 Å². The van der Waals surface area contributed by atoms with Crippen LogP contribution < -0.4 is 14.2 Å². The molecule has 2 aromatic carbocycles. The van der Waals surface area contributed by atoms with Gasteiger partial charge in [-0.15, -0.1) is 0 Å². The van der Waals surface area contributed by atoms with Crippen molar-refractivity contribution in [3.8, 4) is 23.0 Å². The average molecular weight is 314 g/mol. The molecule has 122 valence electrons. The highest BCUT2D eigenvalue weighted by Gasteiger charge is 2.16. The standard InChI is InChI=1S/C19H22O4/c1-5-8-22-19-17(21-4)10-15(12-20)11-18(19)23-16-7-6-13(2)9-14(16)3/h6-7,9-12H,5,8H2,1-4H3. The topological polar surface area (TPSA) is 44.8 Å². The molecule has 0 spiro atoms. The van der Waals surface area contributed by atoms with Crippen LogP contribution in [0, 0.1) is 13.8 Å². The van der Waals surface area contributed by atoms with Crippen molar-refractivity contribution in [2.45, 2.75) is 27.2 Å². The summed E-state index contributed by atoms with van der Waals surface area (Å²) < 4.78 is 17.1. The molecule has 0 atom stereocenters. The maximum absolute atomic E-state index is 11.2. The van der Waals surface area contributed by atoms with E-state index in [4.69, 9.17) is 14.2 Å². The minimum absolute atomic E-state index is 0.477. The van der Waals surface area contributed by atoms with Gasteiger partial charge < -0.3 is 14.2 Å². The first kappa shape index (κ1) is 16.9. The molecule has 0 aliphatic rings. The van der Waals surface area contributed by atoms with Crippen LogP contribution in [-0.4, -0.2) is 20.0 Å². The van der Waals surface area contributed by atoms with Crippen molar-refractivity contribution in [2.75, 3.05) is 13.7 Å². The molecule has 0 unspecified atom stereocenters. The molecule has 0 aliphatic heterocycles. The van der Waals surface area contributed by atoms with Crippen LogP contribution in [0.4, 0.5) is 0 Å². The molecule has 0 N–H and O–H groups in total. The number of methoxy groups -OCH3 is 1.